The van der Waals surface area contributed by atoms with Crippen LogP contribution in [-0.4, -0.2) is 52.5 Å². The highest BCUT2D eigenvalue weighted by Gasteiger charge is 2.46. The molecule has 0 saturated carbocycles. The molecule has 3 aliphatic heterocycles. The lowest BCUT2D eigenvalue weighted by Gasteiger charge is -2.56. The molecular formula is C20H23ClFN5O. The number of rotatable bonds is 5. The fraction of sp³-hybridized carbons (Fsp3) is 0.450. The van der Waals surface area contributed by atoms with E-state index in [0.717, 1.165) is 17.7 Å². The van der Waals surface area contributed by atoms with Crippen molar-refractivity contribution in [2.45, 2.75) is 38.8 Å². The number of halogens is 2. The summed E-state index contributed by atoms with van der Waals surface area (Å²) < 4.78 is 14.6. The van der Waals surface area contributed by atoms with Crippen LogP contribution in [0.4, 0.5) is 15.9 Å². The van der Waals surface area contributed by atoms with Crippen molar-refractivity contribution < 1.29 is 9.18 Å². The highest BCUT2D eigenvalue weighted by molar-refractivity contribution is 6.31. The zero-order valence-electron chi connectivity index (χ0n) is 16.0. The number of piperazine rings is 1. The Labute approximate surface area is 168 Å². The first-order valence-corrected chi connectivity index (χ1v) is 9.90. The Kier molecular flexibility index (Phi) is 5.21. The highest BCUT2D eigenvalue weighted by Crippen LogP contribution is 2.35. The van der Waals surface area contributed by atoms with Gasteiger partial charge in [0.25, 0.3) is 0 Å². The molecule has 5 rings (SSSR count). The molecule has 1 aromatic heterocycles. The predicted molar refractivity (Wildman–Crippen MR) is 107 cm³/mol. The number of nitrogens with zero attached hydrogens (tertiary/aromatic N) is 4. The van der Waals surface area contributed by atoms with Crippen LogP contribution in [0.15, 0.2) is 24.5 Å². The minimum absolute atomic E-state index is 0.0602. The van der Waals surface area contributed by atoms with Gasteiger partial charge in [-0.2, -0.15) is 0 Å². The molecule has 8 heteroatoms. The molecule has 4 heterocycles. The molecule has 3 aliphatic rings. The number of piperidine rings is 1. The molecule has 3 fully saturated rings. The quantitative estimate of drug-likeness (QED) is 0.831. The number of aryl methyl sites for hydroxylation is 1. The number of aromatic nitrogens is 2. The van der Waals surface area contributed by atoms with Crippen molar-refractivity contribution in [2.75, 3.05) is 29.9 Å². The summed E-state index contributed by atoms with van der Waals surface area (Å²) in [5.41, 5.74) is 2.04. The van der Waals surface area contributed by atoms with Crippen molar-refractivity contribution in [1.29, 1.82) is 0 Å². The van der Waals surface area contributed by atoms with Gasteiger partial charge in [0.05, 0.1) is 12.2 Å². The second kappa shape index (κ2) is 7.64. The van der Waals surface area contributed by atoms with E-state index in [1.165, 1.54) is 6.33 Å². The molecule has 3 saturated heterocycles. The molecule has 28 heavy (non-hydrogen) atoms. The fourth-order valence-corrected chi connectivity index (χ4v) is 4.25. The van der Waals surface area contributed by atoms with Gasteiger partial charge in [-0.1, -0.05) is 24.6 Å². The van der Waals surface area contributed by atoms with Gasteiger partial charge < -0.3 is 10.2 Å². The van der Waals surface area contributed by atoms with Crippen LogP contribution in [0.25, 0.3) is 0 Å². The van der Waals surface area contributed by atoms with Gasteiger partial charge in [0.15, 0.2) is 11.6 Å². The summed E-state index contributed by atoms with van der Waals surface area (Å²) in [5.74, 6) is -0.0118. The van der Waals surface area contributed by atoms with Crippen LogP contribution in [-0.2, 0) is 11.2 Å². The number of hydrogen-bond acceptors (Lipinski definition) is 5. The van der Waals surface area contributed by atoms with Gasteiger partial charge in [0.2, 0.25) is 5.91 Å². The molecular weight excluding hydrogens is 381 g/mol. The van der Waals surface area contributed by atoms with Crippen LogP contribution in [0, 0.1) is 12.7 Å². The smallest absolute Gasteiger partial charge is 0.238 e. The molecule has 2 atom stereocenters. The summed E-state index contributed by atoms with van der Waals surface area (Å²) in [6.45, 7) is 5.41. The Hall–Kier alpha value is -2.25. The zero-order valence-corrected chi connectivity index (χ0v) is 16.7. The number of nitrogens with one attached hydrogen (secondary N) is 1. The van der Waals surface area contributed by atoms with Crippen LogP contribution in [0.2, 0.25) is 5.02 Å². The average molecular weight is 404 g/mol. The topological polar surface area (TPSA) is 61.4 Å². The van der Waals surface area contributed by atoms with Crippen molar-refractivity contribution in [3.8, 4) is 0 Å². The van der Waals surface area contributed by atoms with Crippen LogP contribution in [0.5, 0.6) is 0 Å². The van der Waals surface area contributed by atoms with Gasteiger partial charge in [0.1, 0.15) is 6.33 Å². The minimum Gasteiger partial charge on any atom is -0.351 e. The van der Waals surface area contributed by atoms with Crippen molar-refractivity contribution in [1.82, 2.24) is 14.9 Å². The van der Waals surface area contributed by atoms with E-state index in [2.05, 4.69) is 20.2 Å². The molecule has 0 radical (unpaired) electrons. The van der Waals surface area contributed by atoms with E-state index in [-0.39, 0.29) is 23.8 Å². The van der Waals surface area contributed by atoms with Gasteiger partial charge in [-0.25, -0.2) is 14.4 Å². The highest BCUT2D eigenvalue weighted by atomic mass is 35.5. The van der Waals surface area contributed by atoms with Gasteiger partial charge in [0, 0.05) is 35.9 Å². The monoisotopic (exact) mass is 403 g/mol. The SMILES string of the molecule is CCc1ncnc(N2CC3CC(C2)N3CC(=O)Nc2cccc(Cl)c2C)c1F. The first-order chi connectivity index (χ1) is 13.5. The second-order valence-corrected chi connectivity index (χ2v) is 7.80. The number of amides is 1. The molecule has 1 aromatic carbocycles. The fourth-order valence-electron chi connectivity index (χ4n) is 4.08. The van der Waals surface area contributed by atoms with E-state index < -0.39 is 0 Å². The van der Waals surface area contributed by atoms with Crippen LogP contribution in [0.3, 0.4) is 0 Å². The molecule has 2 bridgehead atoms. The summed E-state index contributed by atoms with van der Waals surface area (Å²) in [6, 6.07) is 5.92. The maximum atomic E-state index is 14.6. The van der Waals surface area contributed by atoms with E-state index in [0.29, 0.717) is 42.6 Å². The lowest BCUT2D eigenvalue weighted by Crippen LogP contribution is -2.70. The van der Waals surface area contributed by atoms with Gasteiger partial charge in [-0.3, -0.25) is 9.69 Å². The van der Waals surface area contributed by atoms with Gasteiger partial charge in [-0.15, -0.1) is 0 Å². The lowest BCUT2D eigenvalue weighted by atomic mass is 9.87. The van der Waals surface area contributed by atoms with Crippen LogP contribution >= 0.6 is 11.6 Å². The summed E-state index contributed by atoms with van der Waals surface area (Å²) >= 11 is 6.12. The van der Waals surface area contributed by atoms with E-state index >= 15 is 0 Å². The number of benzene rings is 1. The molecule has 2 unspecified atom stereocenters. The number of fused-ring (bicyclic) bond motifs is 2. The van der Waals surface area contributed by atoms with Gasteiger partial charge >= 0.3 is 0 Å². The van der Waals surface area contributed by atoms with E-state index in [9.17, 15) is 9.18 Å². The molecule has 0 aliphatic carbocycles. The standard InChI is InChI=1S/C20H23ClFN5O/c1-3-16-19(22)20(24-11-23-16)26-8-13-7-14(9-26)27(13)10-18(28)25-17-6-4-5-15(21)12(17)2/h4-6,11,13-14H,3,7-10H2,1-2H3,(H,25,28). The predicted octanol–water partition coefficient (Wildman–Crippen LogP) is 3.04. The van der Waals surface area contributed by atoms with Crippen LogP contribution < -0.4 is 10.2 Å². The van der Waals surface area contributed by atoms with Crippen molar-refractivity contribution in [3.05, 3.63) is 46.6 Å². The van der Waals surface area contributed by atoms with Crippen molar-refractivity contribution >= 4 is 29.0 Å². The molecule has 1 amide bonds. The van der Waals surface area contributed by atoms with Crippen LogP contribution in [0.1, 0.15) is 24.6 Å². The Balaban J connectivity index is 1.39. The zero-order chi connectivity index (χ0) is 19.8. The Morgan fingerprint density at radius 3 is 2.79 bits per heavy atom. The molecule has 0 spiro atoms. The van der Waals surface area contributed by atoms with Crippen molar-refractivity contribution in [3.63, 3.8) is 0 Å². The number of carbonyl (C=O) groups excluding carboxylic acids is 1. The summed E-state index contributed by atoms with van der Waals surface area (Å²) in [5, 5.41) is 3.58. The number of anilines is 2. The minimum atomic E-state index is -0.327. The van der Waals surface area contributed by atoms with Gasteiger partial charge in [-0.05, 0) is 37.5 Å². The third-order valence-electron chi connectivity index (χ3n) is 5.69. The van der Waals surface area contributed by atoms with E-state index in [1.54, 1.807) is 6.07 Å². The third-order valence-corrected chi connectivity index (χ3v) is 6.10. The first-order valence-electron chi connectivity index (χ1n) is 9.53. The summed E-state index contributed by atoms with van der Waals surface area (Å²) in [4.78, 5) is 24.8. The normalized spacial score (nSPS) is 21.4. The molecule has 2 aromatic rings. The Morgan fingerprint density at radius 2 is 2.07 bits per heavy atom. The maximum Gasteiger partial charge on any atom is 0.238 e. The Morgan fingerprint density at radius 1 is 1.32 bits per heavy atom. The Bertz CT molecular complexity index is 896. The van der Waals surface area contributed by atoms with Crippen molar-refractivity contribution in [2.24, 2.45) is 0 Å². The molecule has 1 N–H and O–H groups in total. The third kappa shape index (κ3) is 3.44. The molecule has 148 valence electrons. The number of carbonyl (C=O) groups is 1. The first kappa shape index (κ1) is 19.1. The summed E-state index contributed by atoms with van der Waals surface area (Å²) in [6.07, 6.45) is 2.99. The van der Waals surface area contributed by atoms with E-state index in [1.807, 2.05) is 30.9 Å². The largest absolute Gasteiger partial charge is 0.351 e. The second-order valence-electron chi connectivity index (χ2n) is 7.39. The average Bonchev–Trinajstić information content (AvgIpc) is 2.70. The molecule has 6 nitrogen and oxygen atoms in total. The summed E-state index contributed by atoms with van der Waals surface area (Å²) in [7, 11) is 0. The maximum absolute atomic E-state index is 14.6. The number of hydrogen-bond donors (Lipinski definition) is 1. The lowest BCUT2D eigenvalue weighted by molar-refractivity contribution is -0.121. The van der Waals surface area contributed by atoms with E-state index in [4.69, 9.17) is 11.6 Å².